The molecule has 2 rings (SSSR count). The van der Waals surface area contributed by atoms with Crippen LogP contribution in [0.4, 0.5) is 0 Å². The van der Waals surface area contributed by atoms with Crippen LogP contribution in [-0.2, 0) is 9.57 Å². The molecule has 1 amide bonds. The number of hydroxylamine groups is 1. The third-order valence-corrected chi connectivity index (χ3v) is 2.88. The molecule has 0 aliphatic heterocycles. The predicted molar refractivity (Wildman–Crippen MR) is 65.1 cm³/mol. The van der Waals surface area contributed by atoms with Gasteiger partial charge in [-0.1, -0.05) is 0 Å². The molecular weight excluding hydrogens is 256 g/mol. The summed E-state index contributed by atoms with van der Waals surface area (Å²) in [5.41, 5.74) is 2.58. The molecule has 0 saturated carbocycles. The number of furan rings is 1. The average Bonchev–Trinajstić information content (AvgIpc) is 3.03. The number of amides is 1. The summed E-state index contributed by atoms with van der Waals surface area (Å²) in [4.78, 5) is 20.7. The summed E-state index contributed by atoms with van der Waals surface area (Å²) in [5, 5.41) is 2.30. The van der Waals surface area contributed by atoms with Crippen LogP contribution in [0.5, 0.6) is 0 Å². The Hall–Kier alpha value is -1.70. The van der Waals surface area contributed by atoms with E-state index in [0.717, 1.165) is 0 Å². The number of thiazole rings is 1. The fourth-order valence-corrected chi connectivity index (χ4v) is 1.95. The van der Waals surface area contributed by atoms with E-state index in [-0.39, 0.29) is 12.5 Å². The molecule has 6 nitrogen and oxygen atoms in total. The van der Waals surface area contributed by atoms with Crippen molar-refractivity contribution in [3.05, 3.63) is 29.5 Å². The third kappa shape index (κ3) is 3.16. The van der Waals surface area contributed by atoms with Gasteiger partial charge in [0, 0.05) is 12.5 Å². The van der Waals surface area contributed by atoms with Crippen molar-refractivity contribution in [2.75, 3.05) is 20.3 Å². The van der Waals surface area contributed by atoms with Crippen molar-refractivity contribution in [1.29, 1.82) is 0 Å². The quantitative estimate of drug-likeness (QED) is 0.637. The van der Waals surface area contributed by atoms with Gasteiger partial charge < -0.3 is 9.15 Å². The molecule has 0 saturated heterocycles. The second kappa shape index (κ2) is 6.29. The summed E-state index contributed by atoms with van der Waals surface area (Å²) in [6.07, 6.45) is 1.56. The minimum absolute atomic E-state index is 0.289. The Bertz CT molecular complexity index is 495. The van der Waals surface area contributed by atoms with E-state index in [0.29, 0.717) is 23.1 Å². The Kier molecular flexibility index (Phi) is 4.46. The maximum atomic E-state index is 11.6. The molecule has 1 N–H and O–H groups in total. The molecule has 96 valence electrons. The number of ether oxygens (including phenoxy) is 1. The molecule has 0 bridgehead atoms. The lowest BCUT2D eigenvalue weighted by Gasteiger charge is -2.02. The van der Waals surface area contributed by atoms with Crippen LogP contribution >= 0.6 is 11.3 Å². The van der Waals surface area contributed by atoms with E-state index in [9.17, 15) is 4.79 Å². The summed E-state index contributed by atoms with van der Waals surface area (Å²) >= 11 is 1.33. The Morgan fingerprint density at radius 3 is 3.17 bits per heavy atom. The Balaban J connectivity index is 1.91. The van der Waals surface area contributed by atoms with Crippen LogP contribution in [0.25, 0.3) is 10.8 Å². The van der Waals surface area contributed by atoms with Gasteiger partial charge in [0.05, 0.1) is 19.5 Å². The van der Waals surface area contributed by atoms with Gasteiger partial charge in [-0.05, 0) is 12.1 Å². The van der Waals surface area contributed by atoms with Crippen LogP contribution in [0.2, 0.25) is 0 Å². The molecule has 0 aromatic carbocycles. The molecule has 0 atom stereocenters. The number of nitrogens with one attached hydrogen (secondary N) is 1. The van der Waals surface area contributed by atoms with Gasteiger partial charge in [-0.3, -0.25) is 9.63 Å². The number of aromatic nitrogens is 1. The zero-order chi connectivity index (χ0) is 12.8. The Labute approximate surface area is 107 Å². The summed E-state index contributed by atoms with van der Waals surface area (Å²) in [5.74, 6) is 0.250. The Morgan fingerprint density at radius 1 is 1.56 bits per heavy atom. The van der Waals surface area contributed by atoms with E-state index in [1.807, 2.05) is 0 Å². The van der Waals surface area contributed by atoms with Crippen LogP contribution < -0.4 is 5.48 Å². The smallest absolute Gasteiger partial charge is 0.294 e. The Morgan fingerprint density at radius 2 is 2.44 bits per heavy atom. The molecule has 7 heteroatoms. The summed E-state index contributed by atoms with van der Waals surface area (Å²) in [6, 6.07) is 3.56. The highest BCUT2D eigenvalue weighted by atomic mass is 32.1. The van der Waals surface area contributed by atoms with Crippen LogP contribution in [0.1, 0.15) is 10.5 Å². The van der Waals surface area contributed by atoms with Crippen LogP contribution in [0.15, 0.2) is 28.2 Å². The van der Waals surface area contributed by atoms with Crippen LogP contribution in [0, 0.1) is 0 Å². The number of carbonyl (C=O) groups is 1. The van der Waals surface area contributed by atoms with E-state index in [1.54, 1.807) is 30.9 Å². The lowest BCUT2D eigenvalue weighted by molar-refractivity contribution is 0.00862. The number of hydrogen-bond donors (Lipinski definition) is 1. The summed E-state index contributed by atoms with van der Waals surface area (Å²) in [7, 11) is 1.56. The molecule has 2 aromatic rings. The van der Waals surface area contributed by atoms with Gasteiger partial charge in [-0.25, -0.2) is 10.5 Å². The monoisotopic (exact) mass is 268 g/mol. The fourth-order valence-electron chi connectivity index (χ4n) is 1.19. The average molecular weight is 268 g/mol. The zero-order valence-corrected chi connectivity index (χ0v) is 10.5. The molecule has 2 aromatic heterocycles. The van der Waals surface area contributed by atoms with Gasteiger partial charge in [0.1, 0.15) is 5.69 Å². The first-order valence-electron chi connectivity index (χ1n) is 5.21. The van der Waals surface area contributed by atoms with Crippen molar-refractivity contribution in [2.24, 2.45) is 0 Å². The highest BCUT2D eigenvalue weighted by Gasteiger charge is 2.12. The number of rotatable bonds is 6. The molecule has 0 spiro atoms. The second-order valence-electron chi connectivity index (χ2n) is 3.29. The standard InChI is InChI=1S/C11H12N2O4S/c1-15-5-6-17-13-10(14)8-7-18-11(12-8)9-3-2-4-16-9/h2-4,7H,5-6H2,1H3,(H,13,14). The first-order chi connectivity index (χ1) is 8.81. The molecule has 0 aliphatic rings. The molecular formula is C11H12N2O4S. The third-order valence-electron chi connectivity index (χ3n) is 2.02. The normalized spacial score (nSPS) is 10.5. The van der Waals surface area contributed by atoms with Gasteiger partial charge in [0.25, 0.3) is 5.91 Å². The van der Waals surface area contributed by atoms with E-state index in [2.05, 4.69) is 10.5 Å². The summed E-state index contributed by atoms with van der Waals surface area (Å²) < 4.78 is 9.97. The molecule has 0 fully saturated rings. The maximum absolute atomic E-state index is 11.6. The first-order valence-corrected chi connectivity index (χ1v) is 6.09. The van der Waals surface area contributed by atoms with Gasteiger partial charge >= 0.3 is 0 Å². The van der Waals surface area contributed by atoms with E-state index < -0.39 is 0 Å². The fraction of sp³-hybridized carbons (Fsp3) is 0.273. The van der Waals surface area contributed by atoms with Gasteiger partial charge in [-0.2, -0.15) is 0 Å². The molecule has 0 aliphatic carbocycles. The lowest BCUT2D eigenvalue weighted by Crippen LogP contribution is -2.25. The number of carbonyl (C=O) groups excluding carboxylic acids is 1. The van der Waals surface area contributed by atoms with Crippen molar-refractivity contribution in [2.45, 2.75) is 0 Å². The van der Waals surface area contributed by atoms with Gasteiger partial charge in [-0.15, -0.1) is 11.3 Å². The first kappa shape index (κ1) is 12.7. The lowest BCUT2D eigenvalue weighted by atomic mass is 10.4. The minimum atomic E-state index is -0.389. The number of hydrogen-bond acceptors (Lipinski definition) is 6. The topological polar surface area (TPSA) is 73.6 Å². The molecule has 0 unspecified atom stereocenters. The highest BCUT2D eigenvalue weighted by Crippen LogP contribution is 2.23. The minimum Gasteiger partial charge on any atom is -0.462 e. The molecule has 18 heavy (non-hydrogen) atoms. The SMILES string of the molecule is COCCONC(=O)c1csc(-c2ccco2)n1. The van der Waals surface area contributed by atoms with Crippen molar-refractivity contribution >= 4 is 17.2 Å². The highest BCUT2D eigenvalue weighted by molar-refractivity contribution is 7.13. The zero-order valence-electron chi connectivity index (χ0n) is 9.71. The second-order valence-corrected chi connectivity index (χ2v) is 4.15. The van der Waals surface area contributed by atoms with Crippen LogP contribution in [0.3, 0.4) is 0 Å². The maximum Gasteiger partial charge on any atom is 0.294 e. The van der Waals surface area contributed by atoms with Crippen molar-refractivity contribution < 1.29 is 18.8 Å². The number of methoxy groups -OCH3 is 1. The van der Waals surface area contributed by atoms with E-state index in [4.69, 9.17) is 14.0 Å². The van der Waals surface area contributed by atoms with E-state index >= 15 is 0 Å². The largest absolute Gasteiger partial charge is 0.462 e. The van der Waals surface area contributed by atoms with Gasteiger partial charge in [0.2, 0.25) is 0 Å². The van der Waals surface area contributed by atoms with Gasteiger partial charge in [0.15, 0.2) is 10.8 Å². The van der Waals surface area contributed by atoms with Crippen molar-refractivity contribution in [3.63, 3.8) is 0 Å². The molecule has 0 radical (unpaired) electrons. The van der Waals surface area contributed by atoms with Crippen molar-refractivity contribution in [1.82, 2.24) is 10.5 Å². The number of nitrogens with zero attached hydrogens (tertiary/aromatic N) is 1. The molecule has 2 heterocycles. The van der Waals surface area contributed by atoms with E-state index in [1.165, 1.54) is 11.3 Å². The van der Waals surface area contributed by atoms with Crippen LogP contribution in [-0.4, -0.2) is 31.2 Å². The summed E-state index contributed by atoms with van der Waals surface area (Å²) in [6.45, 7) is 0.701. The van der Waals surface area contributed by atoms with Crippen molar-refractivity contribution in [3.8, 4) is 10.8 Å². The predicted octanol–water partition coefficient (Wildman–Crippen LogP) is 1.71.